The van der Waals surface area contributed by atoms with Gasteiger partial charge in [0.2, 0.25) is 0 Å². The van der Waals surface area contributed by atoms with Crippen molar-refractivity contribution < 1.29 is 14.6 Å². The number of aromatic nitrogens is 1. The lowest BCUT2D eigenvalue weighted by Crippen LogP contribution is -2.02. The summed E-state index contributed by atoms with van der Waals surface area (Å²) < 4.78 is 4.54. The first-order valence-electron chi connectivity index (χ1n) is 3.02. The average molecular weight is 153 g/mol. The number of rotatable bonds is 1. The Morgan fingerprint density at radius 2 is 2.45 bits per heavy atom. The zero-order valence-corrected chi connectivity index (χ0v) is 5.94. The van der Waals surface area contributed by atoms with Crippen LogP contribution in [-0.4, -0.2) is 16.1 Å². The SMILES string of the molecule is CC(=O)Oc1ncccc1O. The molecule has 0 aromatic carbocycles. The van der Waals surface area contributed by atoms with Crippen LogP contribution in [0.25, 0.3) is 0 Å². The summed E-state index contributed by atoms with van der Waals surface area (Å²) >= 11 is 0. The number of nitrogens with zero attached hydrogens (tertiary/aromatic N) is 1. The smallest absolute Gasteiger partial charge is 0.309 e. The van der Waals surface area contributed by atoms with Crippen LogP contribution in [0.15, 0.2) is 18.3 Å². The number of aromatic hydroxyl groups is 1. The van der Waals surface area contributed by atoms with Crippen molar-refractivity contribution in [3.05, 3.63) is 18.3 Å². The Kier molecular flexibility index (Phi) is 2.06. The summed E-state index contributed by atoms with van der Waals surface area (Å²) in [4.78, 5) is 14.0. The van der Waals surface area contributed by atoms with Crippen molar-refractivity contribution in [2.24, 2.45) is 0 Å². The molecule has 0 unspecified atom stereocenters. The van der Waals surface area contributed by atoms with Gasteiger partial charge in [-0.3, -0.25) is 4.79 Å². The highest BCUT2D eigenvalue weighted by atomic mass is 16.5. The Balaban J connectivity index is 2.86. The number of carbonyl (C=O) groups excluding carboxylic acids is 1. The molecular weight excluding hydrogens is 146 g/mol. The highest BCUT2D eigenvalue weighted by molar-refractivity contribution is 5.69. The molecule has 0 fully saturated rings. The molecule has 0 aliphatic rings. The maximum atomic E-state index is 10.4. The normalized spacial score (nSPS) is 9.18. The van der Waals surface area contributed by atoms with Crippen LogP contribution in [-0.2, 0) is 4.79 Å². The van der Waals surface area contributed by atoms with Crippen molar-refractivity contribution >= 4 is 5.97 Å². The van der Waals surface area contributed by atoms with E-state index in [1.807, 2.05) is 0 Å². The summed E-state index contributed by atoms with van der Waals surface area (Å²) in [7, 11) is 0. The predicted octanol–water partition coefficient (Wildman–Crippen LogP) is 0.712. The number of esters is 1. The first kappa shape index (κ1) is 7.53. The molecule has 1 heterocycles. The molecule has 1 aromatic heterocycles. The number of hydrogen-bond donors (Lipinski definition) is 1. The molecule has 0 atom stereocenters. The molecule has 0 aliphatic heterocycles. The molecule has 0 saturated carbocycles. The molecule has 0 radical (unpaired) electrons. The van der Waals surface area contributed by atoms with E-state index in [1.165, 1.54) is 19.2 Å². The van der Waals surface area contributed by atoms with Crippen molar-refractivity contribution in [2.75, 3.05) is 0 Å². The molecule has 0 amide bonds. The van der Waals surface area contributed by atoms with Gasteiger partial charge in [0.15, 0.2) is 5.75 Å². The fraction of sp³-hybridized carbons (Fsp3) is 0.143. The van der Waals surface area contributed by atoms with Crippen LogP contribution in [0.4, 0.5) is 0 Å². The third kappa shape index (κ3) is 1.93. The Bertz CT molecular complexity index is 272. The molecular formula is C7H7NO3. The lowest BCUT2D eigenvalue weighted by Gasteiger charge is -1.99. The second-order valence-electron chi connectivity index (χ2n) is 1.92. The number of hydrogen-bond acceptors (Lipinski definition) is 4. The van der Waals surface area contributed by atoms with Gasteiger partial charge in [-0.15, -0.1) is 0 Å². The summed E-state index contributed by atoms with van der Waals surface area (Å²) in [5.74, 6) is -0.693. The molecule has 11 heavy (non-hydrogen) atoms. The number of carbonyl (C=O) groups is 1. The minimum Gasteiger partial charge on any atom is -0.503 e. The van der Waals surface area contributed by atoms with Gasteiger partial charge in [-0.2, -0.15) is 0 Å². The number of pyridine rings is 1. The highest BCUT2D eigenvalue weighted by Crippen LogP contribution is 2.20. The van der Waals surface area contributed by atoms with E-state index < -0.39 is 5.97 Å². The molecule has 4 heteroatoms. The van der Waals surface area contributed by atoms with Gasteiger partial charge in [-0.25, -0.2) is 4.98 Å². The van der Waals surface area contributed by atoms with Crippen LogP contribution in [0.1, 0.15) is 6.92 Å². The highest BCUT2D eigenvalue weighted by Gasteiger charge is 2.03. The first-order valence-corrected chi connectivity index (χ1v) is 3.02. The fourth-order valence-corrected chi connectivity index (χ4v) is 0.597. The van der Waals surface area contributed by atoms with Crippen molar-refractivity contribution in [1.29, 1.82) is 0 Å². The van der Waals surface area contributed by atoms with E-state index in [0.29, 0.717) is 0 Å². The Morgan fingerprint density at radius 1 is 1.73 bits per heavy atom. The summed E-state index contributed by atoms with van der Waals surface area (Å²) in [6.07, 6.45) is 1.43. The lowest BCUT2D eigenvalue weighted by molar-refractivity contribution is -0.132. The largest absolute Gasteiger partial charge is 0.503 e. The zero-order valence-electron chi connectivity index (χ0n) is 5.94. The minimum absolute atomic E-state index is 0.0556. The van der Waals surface area contributed by atoms with Gasteiger partial charge in [0.1, 0.15) is 0 Å². The summed E-state index contributed by atoms with van der Waals surface area (Å²) in [6.45, 7) is 1.24. The van der Waals surface area contributed by atoms with Crippen LogP contribution in [0.5, 0.6) is 11.6 Å². The third-order valence-corrected chi connectivity index (χ3v) is 0.991. The standard InChI is InChI=1S/C7H7NO3/c1-5(9)11-7-6(10)3-2-4-8-7/h2-4,10H,1H3. The third-order valence-electron chi connectivity index (χ3n) is 0.991. The van der Waals surface area contributed by atoms with Gasteiger partial charge in [0, 0.05) is 13.1 Å². The van der Waals surface area contributed by atoms with E-state index >= 15 is 0 Å². The van der Waals surface area contributed by atoms with E-state index in [-0.39, 0.29) is 11.6 Å². The van der Waals surface area contributed by atoms with Crippen LogP contribution in [0, 0.1) is 0 Å². The van der Waals surface area contributed by atoms with Gasteiger partial charge >= 0.3 is 5.97 Å². The molecule has 58 valence electrons. The monoisotopic (exact) mass is 153 g/mol. The predicted molar refractivity (Wildman–Crippen MR) is 37.2 cm³/mol. The molecule has 1 aromatic rings. The summed E-state index contributed by atoms with van der Waals surface area (Å²) in [6, 6.07) is 2.94. The Labute approximate surface area is 63.5 Å². The van der Waals surface area contributed by atoms with E-state index in [1.54, 1.807) is 6.07 Å². The second-order valence-corrected chi connectivity index (χ2v) is 1.92. The van der Waals surface area contributed by atoms with E-state index in [4.69, 9.17) is 5.11 Å². The maximum Gasteiger partial charge on any atom is 0.309 e. The van der Waals surface area contributed by atoms with E-state index in [9.17, 15) is 4.79 Å². The quantitative estimate of drug-likeness (QED) is 0.603. The van der Waals surface area contributed by atoms with Gasteiger partial charge in [-0.1, -0.05) is 0 Å². The molecule has 0 saturated heterocycles. The Hall–Kier alpha value is -1.58. The second kappa shape index (κ2) is 3.01. The van der Waals surface area contributed by atoms with Crippen molar-refractivity contribution in [1.82, 2.24) is 4.98 Å². The first-order chi connectivity index (χ1) is 5.20. The van der Waals surface area contributed by atoms with Gasteiger partial charge in [0.25, 0.3) is 5.88 Å². The molecule has 0 spiro atoms. The summed E-state index contributed by atoms with van der Waals surface area (Å²) in [5, 5.41) is 9.02. The zero-order chi connectivity index (χ0) is 8.27. The van der Waals surface area contributed by atoms with Crippen LogP contribution in [0.2, 0.25) is 0 Å². The molecule has 0 aliphatic carbocycles. The Morgan fingerprint density at radius 3 is 3.00 bits per heavy atom. The van der Waals surface area contributed by atoms with Gasteiger partial charge in [0.05, 0.1) is 0 Å². The van der Waals surface area contributed by atoms with Crippen LogP contribution in [0.3, 0.4) is 0 Å². The average Bonchev–Trinajstić information content (AvgIpc) is 1.93. The van der Waals surface area contributed by atoms with Crippen LogP contribution < -0.4 is 4.74 Å². The van der Waals surface area contributed by atoms with Gasteiger partial charge in [-0.05, 0) is 12.1 Å². The van der Waals surface area contributed by atoms with Crippen LogP contribution >= 0.6 is 0 Å². The fourth-order valence-electron chi connectivity index (χ4n) is 0.597. The van der Waals surface area contributed by atoms with Gasteiger partial charge < -0.3 is 9.84 Å². The van der Waals surface area contributed by atoms with E-state index in [0.717, 1.165) is 0 Å². The van der Waals surface area contributed by atoms with Crippen molar-refractivity contribution in [2.45, 2.75) is 6.92 Å². The van der Waals surface area contributed by atoms with Crippen molar-refractivity contribution in [3.8, 4) is 11.6 Å². The molecule has 1 rings (SSSR count). The van der Waals surface area contributed by atoms with E-state index in [2.05, 4.69) is 9.72 Å². The number of ether oxygens (including phenoxy) is 1. The molecule has 1 N–H and O–H groups in total. The maximum absolute atomic E-state index is 10.4. The molecule has 0 bridgehead atoms. The minimum atomic E-state index is -0.501. The van der Waals surface area contributed by atoms with Crippen molar-refractivity contribution in [3.63, 3.8) is 0 Å². The lowest BCUT2D eigenvalue weighted by atomic mass is 10.4. The summed E-state index contributed by atoms with van der Waals surface area (Å²) in [5.41, 5.74) is 0. The molecule has 4 nitrogen and oxygen atoms in total. The topological polar surface area (TPSA) is 59.4 Å².